The van der Waals surface area contributed by atoms with Gasteiger partial charge in [0.15, 0.2) is 5.78 Å². The van der Waals surface area contributed by atoms with Crippen LogP contribution in [0.2, 0.25) is 5.02 Å². The summed E-state index contributed by atoms with van der Waals surface area (Å²) >= 11 is 5.93. The van der Waals surface area contributed by atoms with Gasteiger partial charge in [-0.3, -0.25) is 19.5 Å². The number of anilines is 1. The molecule has 1 atom stereocenters. The molecule has 1 aliphatic heterocycles. The number of benzene rings is 2. The Bertz CT molecular complexity index is 1200. The molecule has 33 heavy (non-hydrogen) atoms. The number of carbonyl (C=O) groups excluding carboxylic acids is 2. The molecule has 1 aliphatic carbocycles. The van der Waals surface area contributed by atoms with E-state index in [4.69, 9.17) is 16.3 Å². The van der Waals surface area contributed by atoms with Crippen molar-refractivity contribution in [1.29, 1.82) is 0 Å². The number of ketones is 1. The lowest BCUT2D eigenvalue weighted by Gasteiger charge is -2.38. The Morgan fingerprint density at radius 2 is 1.79 bits per heavy atom. The molecule has 2 aliphatic rings. The minimum atomic E-state index is -0.237. The molecular weight excluding hydrogens is 436 g/mol. The van der Waals surface area contributed by atoms with Crippen LogP contribution < -0.4 is 9.64 Å². The summed E-state index contributed by atoms with van der Waals surface area (Å²) in [6.07, 6.45) is 5.59. The third-order valence-electron chi connectivity index (χ3n) is 6.18. The number of hydrogen-bond acceptors (Lipinski definition) is 4. The molecule has 0 spiro atoms. The van der Waals surface area contributed by atoms with Gasteiger partial charge in [-0.15, -0.1) is 0 Å². The average molecular weight is 459 g/mol. The molecule has 2 heterocycles. The maximum atomic E-state index is 13.2. The molecule has 2 aromatic carbocycles. The Kier molecular flexibility index (Phi) is 5.97. The van der Waals surface area contributed by atoms with Gasteiger partial charge in [-0.05, 0) is 60.4 Å². The summed E-state index contributed by atoms with van der Waals surface area (Å²) in [5.74, 6) is 0.616. The first-order chi connectivity index (χ1) is 16.1. The lowest BCUT2D eigenvalue weighted by atomic mass is 9.77. The molecule has 0 saturated heterocycles. The highest BCUT2D eigenvalue weighted by atomic mass is 35.5. The van der Waals surface area contributed by atoms with E-state index in [-0.39, 0.29) is 24.0 Å². The van der Waals surface area contributed by atoms with Crippen LogP contribution in [-0.2, 0) is 16.2 Å². The second kappa shape index (κ2) is 9.20. The van der Waals surface area contributed by atoms with E-state index in [1.807, 2.05) is 60.7 Å². The number of pyridine rings is 1. The zero-order valence-corrected chi connectivity index (χ0v) is 18.8. The molecule has 3 aromatic rings. The summed E-state index contributed by atoms with van der Waals surface area (Å²) < 4.78 is 5.89. The summed E-state index contributed by atoms with van der Waals surface area (Å²) in [5, 5.41) is 0.693. The normalized spacial score (nSPS) is 18.3. The van der Waals surface area contributed by atoms with E-state index in [0.29, 0.717) is 30.2 Å². The highest BCUT2D eigenvalue weighted by Gasteiger charge is 2.39. The molecular formula is C27H23ClN2O3. The van der Waals surface area contributed by atoms with E-state index >= 15 is 0 Å². The van der Waals surface area contributed by atoms with E-state index in [9.17, 15) is 9.59 Å². The molecule has 0 fully saturated rings. The number of aromatic nitrogens is 1. The minimum absolute atomic E-state index is 0.00971. The van der Waals surface area contributed by atoms with Crippen molar-refractivity contribution in [3.8, 4) is 5.75 Å². The molecule has 0 N–H and O–H groups in total. The lowest BCUT2D eigenvalue weighted by molar-refractivity contribution is -0.119. The molecule has 6 heteroatoms. The largest absolute Gasteiger partial charge is 0.489 e. The fourth-order valence-corrected chi connectivity index (χ4v) is 4.73. The van der Waals surface area contributed by atoms with Crippen LogP contribution >= 0.6 is 11.6 Å². The average Bonchev–Trinajstić information content (AvgIpc) is 2.84. The van der Waals surface area contributed by atoms with Crippen molar-refractivity contribution in [2.24, 2.45) is 0 Å². The minimum Gasteiger partial charge on any atom is -0.489 e. The molecule has 0 saturated carbocycles. The van der Waals surface area contributed by atoms with Crippen molar-refractivity contribution >= 4 is 29.0 Å². The van der Waals surface area contributed by atoms with Gasteiger partial charge in [0.1, 0.15) is 12.4 Å². The molecule has 1 aromatic heterocycles. The van der Waals surface area contributed by atoms with Gasteiger partial charge in [0.2, 0.25) is 5.91 Å². The Morgan fingerprint density at radius 1 is 1.00 bits per heavy atom. The molecule has 1 unspecified atom stereocenters. The number of carbonyl (C=O) groups is 2. The number of allylic oxidation sites excluding steroid dienone is 2. The third kappa shape index (κ3) is 4.41. The predicted molar refractivity (Wildman–Crippen MR) is 127 cm³/mol. The Morgan fingerprint density at radius 3 is 2.52 bits per heavy atom. The van der Waals surface area contributed by atoms with Gasteiger partial charge in [-0.1, -0.05) is 35.9 Å². The number of nitrogens with zero attached hydrogens (tertiary/aromatic N) is 2. The molecule has 0 radical (unpaired) electrons. The van der Waals surface area contributed by atoms with Crippen LogP contribution in [-0.4, -0.2) is 16.7 Å². The molecule has 5 rings (SSSR count). The lowest BCUT2D eigenvalue weighted by Crippen LogP contribution is -2.40. The first kappa shape index (κ1) is 21.4. The first-order valence-corrected chi connectivity index (χ1v) is 11.4. The summed E-state index contributed by atoms with van der Waals surface area (Å²) in [6.45, 7) is 0.437. The Balaban J connectivity index is 1.41. The predicted octanol–water partition coefficient (Wildman–Crippen LogP) is 5.84. The quantitative estimate of drug-likeness (QED) is 0.481. The zero-order valence-electron chi connectivity index (χ0n) is 18.0. The number of halogens is 1. The number of Topliss-reactive ketones (excluding diaryl/α,β-unsaturated/α-hetero) is 1. The number of amides is 1. The summed E-state index contributed by atoms with van der Waals surface area (Å²) in [6, 6.07) is 18.9. The summed E-state index contributed by atoms with van der Waals surface area (Å²) in [7, 11) is 0. The van der Waals surface area contributed by atoms with Crippen molar-refractivity contribution in [3.05, 3.63) is 100 Å². The Hall–Kier alpha value is -3.44. The van der Waals surface area contributed by atoms with Gasteiger partial charge < -0.3 is 4.74 Å². The van der Waals surface area contributed by atoms with Gasteiger partial charge in [0.05, 0.1) is 11.9 Å². The first-order valence-electron chi connectivity index (χ1n) is 11.1. The van der Waals surface area contributed by atoms with Gasteiger partial charge in [0.25, 0.3) is 0 Å². The number of ether oxygens (including phenoxy) is 1. The van der Waals surface area contributed by atoms with E-state index in [1.54, 1.807) is 17.3 Å². The second-order valence-electron chi connectivity index (χ2n) is 8.32. The smallest absolute Gasteiger partial charge is 0.232 e. The van der Waals surface area contributed by atoms with E-state index < -0.39 is 0 Å². The van der Waals surface area contributed by atoms with E-state index in [1.165, 1.54) is 0 Å². The topological polar surface area (TPSA) is 59.5 Å². The number of hydrogen-bond donors (Lipinski definition) is 0. The highest BCUT2D eigenvalue weighted by molar-refractivity contribution is 6.30. The van der Waals surface area contributed by atoms with Gasteiger partial charge >= 0.3 is 0 Å². The number of rotatable bonds is 5. The standard InChI is InChI=1S/C27H23ClN2O3/c28-20-10-6-18(7-11-20)17-33-22-12-8-19(9-13-22)23-15-26(32)30(21-3-2-14-29-16-21)24-4-1-5-25(31)27(23)24/h2-3,6-14,16,23H,1,4-5,15,17H2. The molecule has 1 amide bonds. The van der Waals surface area contributed by atoms with Crippen LogP contribution in [0.15, 0.2) is 84.3 Å². The Labute approximate surface area is 197 Å². The summed E-state index contributed by atoms with van der Waals surface area (Å²) in [5.41, 5.74) is 4.28. The maximum Gasteiger partial charge on any atom is 0.232 e. The van der Waals surface area contributed by atoms with Crippen molar-refractivity contribution in [2.45, 2.75) is 38.2 Å². The van der Waals surface area contributed by atoms with Gasteiger partial charge in [-0.2, -0.15) is 0 Å². The monoisotopic (exact) mass is 458 g/mol. The van der Waals surface area contributed by atoms with Crippen molar-refractivity contribution < 1.29 is 14.3 Å². The van der Waals surface area contributed by atoms with Crippen molar-refractivity contribution in [2.75, 3.05) is 4.90 Å². The van der Waals surface area contributed by atoms with Crippen molar-refractivity contribution in [1.82, 2.24) is 4.98 Å². The SMILES string of the molecule is O=C1CCCC2=C1C(c1ccc(OCc3ccc(Cl)cc3)cc1)CC(=O)N2c1cccnc1. The van der Waals surface area contributed by atoms with Crippen LogP contribution in [0, 0.1) is 0 Å². The van der Waals surface area contributed by atoms with Gasteiger partial charge in [0, 0.05) is 41.2 Å². The fraction of sp³-hybridized carbons (Fsp3) is 0.222. The van der Waals surface area contributed by atoms with Crippen LogP contribution in [0.1, 0.15) is 42.7 Å². The van der Waals surface area contributed by atoms with Crippen LogP contribution in [0.3, 0.4) is 0 Å². The van der Waals surface area contributed by atoms with Crippen LogP contribution in [0.5, 0.6) is 5.75 Å². The summed E-state index contributed by atoms with van der Waals surface area (Å²) in [4.78, 5) is 32.1. The third-order valence-corrected chi connectivity index (χ3v) is 6.43. The van der Waals surface area contributed by atoms with Crippen molar-refractivity contribution in [3.63, 3.8) is 0 Å². The molecule has 5 nitrogen and oxygen atoms in total. The molecule has 166 valence electrons. The van der Waals surface area contributed by atoms with Gasteiger partial charge in [-0.25, -0.2) is 0 Å². The fourth-order valence-electron chi connectivity index (χ4n) is 4.61. The zero-order chi connectivity index (χ0) is 22.8. The maximum absolute atomic E-state index is 13.2. The van der Waals surface area contributed by atoms with Crippen LogP contribution in [0.25, 0.3) is 0 Å². The second-order valence-corrected chi connectivity index (χ2v) is 8.75. The van der Waals surface area contributed by atoms with E-state index in [0.717, 1.165) is 34.6 Å². The molecule has 0 bridgehead atoms. The van der Waals surface area contributed by atoms with Crippen LogP contribution in [0.4, 0.5) is 5.69 Å². The highest BCUT2D eigenvalue weighted by Crippen LogP contribution is 2.43. The van der Waals surface area contributed by atoms with E-state index in [2.05, 4.69) is 4.98 Å².